The van der Waals surface area contributed by atoms with Crippen LogP contribution in [-0.4, -0.2) is 37.3 Å². The molecule has 1 unspecified atom stereocenters. The maximum absolute atomic E-state index is 5.47. The Balaban J connectivity index is 1.84. The van der Waals surface area contributed by atoms with Crippen molar-refractivity contribution in [3.05, 3.63) is 0 Å². The van der Waals surface area contributed by atoms with E-state index >= 15 is 0 Å². The minimum atomic E-state index is 0.455. The molecule has 2 fully saturated rings. The quantitative estimate of drug-likeness (QED) is 0.840. The van der Waals surface area contributed by atoms with Gasteiger partial charge in [-0.2, -0.15) is 11.8 Å². The number of hydrogen-bond donors (Lipinski definition) is 1. The third-order valence-electron chi connectivity index (χ3n) is 4.59. The van der Waals surface area contributed by atoms with Crippen LogP contribution in [0.4, 0.5) is 0 Å². The van der Waals surface area contributed by atoms with Crippen molar-refractivity contribution in [2.75, 3.05) is 31.3 Å². The highest BCUT2D eigenvalue weighted by molar-refractivity contribution is 7.99. The van der Waals surface area contributed by atoms with E-state index in [9.17, 15) is 0 Å². The smallest absolute Gasteiger partial charge is 0.0471 e. The molecule has 0 aromatic heterocycles. The van der Waals surface area contributed by atoms with Gasteiger partial charge in [0.05, 0.1) is 0 Å². The van der Waals surface area contributed by atoms with Gasteiger partial charge in [-0.25, -0.2) is 0 Å². The summed E-state index contributed by atoms with van der Waals surface area (Å²) in [7, 11) is 0. The number of hydrogen-bond acceptors (Lipinski definition) is 3. The fourth-order valence-corrected chi connectivity index (χ4v) is 4.32. The van der Waals surface area contributed by atoms with Crippen LogP contribution in [0.15, 0.2) is 0 Å². The molecular formula is C14H27NOS. The van der Waals surface area contributed by atoms with Crippen molar-refractivity contribution in [1.82, 2.24) is 5.32 Å². The monoisotopic (exact) mass is 257 g/mol. The van der Waals surface area contributed by atoms with E-state index in [1.165, 1.54) is 30.8 Å². The van der Waals surface area contributed by atoms with Crippen molar-refractivity contribution in [2.45, 2.75) is 46.1 Å². The molecule has 2 aliphatic heterocycles. The molecule has 2 heterocycles. The van der Waals surface area contributed by atoms with E-state index < -0.39 is 0 Å². The summed E-state index contributed by atoms with van der Waals surface area (Å²) >= 11 is 2.10. The Morgan fingerprint density at radius 3 is 2.53 bits per heavy atom. The second kappa shape index (κ2) is 5.50. The minimum Gasteiger partial charge on any atom is -0.381 e. The molecule has 0 saturated carbocycles. The van der Waals surface area contributed by atoms with Gasteiger partial charge in [0.1, 0.15) is 0 Å². The summed E-state index contributed by atoms with van der Waals surface area (Å²) < 4.78 is 5.47. The van der Waals surface area contributed by atoms with Crippen LogP contribution in [0.5, 0.6) is 0 Å². The highest BCUT2D eigenvalue weighted by Gasteiger charge is 2.34. The summed E-state index contributed by atoms with van der Waals surface area (Å²) in [5.41, 5.74) is 0.920. The highest BCUT2D eigenvalue weighted by Crippen LogP contribution is 2.35. The third kappa shape index (κ3) is 3.62. The van der Waals surface area contributed by atoms with Gasteiger partial charge < -0.3 is 10.1 Å². The lowest BCUT2D eigenvalue weighted by atomic mass is 9.79. The predicted molar refractivity (Wildman–Crippen MR) is 75.7 cm³/mol. The van der Waals surface area contributed by atoms with Crippen LogP contribution in [0.1, 0.15) is 40.0 Å². The molecule has 2 nitrogen and oxygen atoms in total. The predicted octanol–water partition coefficient (Wildman–Crippen LogP) is 2.92. The highest BCUT2D eigenvalue weighted by atomic mass is 32.2. The van der Waals surface area contributed by atoms with E-state index in [2.05, 4.69) is 37.8 Å². The number of rotatable bonds is 3. The van der Waals surface area contributed by atoms with Gasteiger partial charge in [0.2, 0.25) is 0 Å². The first kappa shape index (κ1) is 13.7. The standard InChI is InChI=1S/C14H27NOS/c1-13(2)6-9-17-10-12(13)15-11-14(3)4-7-16-8-5-14/h12,15H,4-11H2,1-3H3. The maximum Gasteiger partial charge on any atom is 0.0471 e. The Morgan fingerprint density at radius 1 is 1.18 bits per heavy atom. The lowest BCUT2D eigenvalue weighted by Gasteiger charge is -2.42. The second-order valence-corrected chi connectivity index (χ2v) is 7.82. The molecule has 2 saturated heterocycles. The molecule has 1 N–H and O–H groups in total. The number of thioether (sulfide) groups is 1. The zero-order valence-corrected chi connectivity index (χ0v) is 12.4. The first-order valence-electron chi connectivity index (χ1n) is 6.91. The van der Waals surface area contributed by atoms with Crippen LogP contribution in [0.3, 0.4) is 0 Å². The molecule has 0 spiro atoms. The third-order valence-corrected chi connectivity index (χ3v) is 5.66. The largest absolute Gasteiger partial charge is 0.381 e. The molecule has 0 aliphatic carbocycles. The molecular weight excluding hydrogens is 230 g/mol. The normalized spacial score (nSPS) is 32.3. The fraction of sp³-hybridized carbons (Fsp3) is 1.00. The Labute approximate surface area is 110 Å². The van der Waals surface area contributed by atoms with Crippen LogP contribution < -0.4 is 5.32 Å². The van der Waals surface area contributed by atoms with Crippen LogP contribution in [0.2, 0.25) is 0 Å². The van der Waals surface area contributed by atoms with E-state index in [1.54, 1.807) is 0 Å². The molecule has 2 rings (SSSR count). The first-order chi connectivity index (χ1) is 8.02. The molecule has 0 radical (unpaired) electrons. The summed E-state index contributed by atoms with van der Waals surface area (Å²) in [6.45, 7) is 10.3. The van der Waals surface area contributed by atoms with Crippen LogP contribution in [0.25, 0.3) is 0 Å². The summed E-state index contributed by atoms with van der Waals surface area (Å²) in [5.74, 6) is 2.61. The summed E-state index contributed by atoms with van der Waals surface area (Å²) in [6.07, 6.45) is 3.76. The number of nitrogens with one attached hydrogen (secondary N) is 1. The average Bonchev–Trinajstić information content (AvgIpc) is 2.28. The zero-order valence-electron chi connectivity index (χ0n) is 11.6. The maximum atomic E-state index is 5.47. The Hall–Kier alpha value is 0.270. The molecule has 2 aliphatic rings. The van der Waals surface area contributed by atoms with Crippen molar-refractivity contribution < 1.29 is 4.74 Å². The van der Waals surface area contributed by atoms with E-state index in [4.69, 9.17) is 4.74 Å². The molecule has 3 heteroatoms. The molecule has 100 valence electrons. The fourth-order valence-electron chi connectivity index (χ4n) is 2.68. The van der Waals surface area contributed by atoms with Crippen LogP contribution >= 0.6 is 11.8 Å². The molecule has 1 atom stereocenters. The van der Waals surface area contributed by atoms with Crippen LogP contribution in [-0.2, 0) is 4.74 Å². The Morgan fingerprint density at radius 2 is 1.88 bits per heavy atom. The summed E-state index contributed by atoms with van der Waals surface area (Å²) in [5, 5.41) is 3.85. The summed E-state index contributed by atoms with van der Waals surface area (Å²) in [6, 6.07) is 0.681. The molecule has 0 aromatic rings. The van der Waals surface area contributed by atoms with Gasteiger partial charge in [-0.15, -0.1) is 0 Å². The van der Waals surface area contributed by atoms with E-state index in [1.807, 2.05) is 0 Å². The lowest BCUT2D eigenvalue weighted by molar-refractivity contribution is 0.0209. The van der Waals surface area contributed by atoms with Crippen molar-refractivity contribution in [3.8, 4) is 0 Å². The molecule has 0 amide bonds. The van der Waals surface area contributed by atoms with Gasteiger partial charge in [-0.3, -0.25) is 0 Å². The second-order valence-electron chi connectivity index (χ2n) is 6.67. The number of ether oxygens (including phenoxy) is 1. The van der Waals surface area contributed by atoms with Crippen molar-refractivity contribution in [1.29, 1.82) is 0 Å². The van der Waals surface area contributed by atoms with Crippen molar-refractivity contribution in [3.63, 3.8) is 0 Å². The minimum absolute atomic E-state index is 0.455. The van der Waals surface area contributed by atoms with Crippen molar-refractivity contribution >= 4 is 11.8 Å². The van der Waals surface area contributed by atoms with Gasteiger partial charge in [0.15, 0.2) is 0 Å². The summed E-state index contributed by atoms with van der Waals surface area (Å²) in [4.78, 5) is 0. The van der Waals surface area contributed by atoms with Crippen LogP contribution in [0, 0.1) is 10.8 Å². The molecule has 17 heavy (non-hydrogen) atoms. The van der Waals surface area contributed by atoms with Gasteiger partial charge in [0.25, 0.3) is 0 Å². The van der Waals surface area contributed by atoms with E-state index in [0.717, 1.165) is 19.8 Å². The van der Waals surface area contributed by atoms with Gasteiger partial charge in [0, 0.05) is 31.6 Å². The van der Waals surface area contributed by atoms with Gasteiger partial charge >= 0.3 is 0 Å². The van der Waals surface area contributed by atoms with Crippen molar-refractivity contribution in [2.24, 2.45) is 10.8 Å². The SMILES string of the molecule is CC1(CNC2CSCCC2(C)C)CCOCC1. The average molecular weight is 257 g/mol. The molecule has 0 bridgehead atoms. The topological polar surface area (TPSA) is 21.3 Å². The van der Waals surface area contributed by atoms with Gasteiger partial charge in [-0.05, 0) is 35.8 Å². The molecule has 0 aromatic carbocycles. The Bertz CT molecular complexity index is 249. The first-order valence-corrected chi connectivity index (χ1v) is 8.06. The lowest BCUT2D eigenvalue weighted by Crippen LogP contribution is -2.50. The van der Waals surface area contributed by atoms with Gasteiger partial charge in [-0.1, -0.05) is 20.8 Å². The zero-order chi connectivity index (χ0) is 12.4. The van der Waals surface area contributed by atoms with E-state index in [-0.39, 0.29) is 0 Å². The van der Waals surface area contributed by atoms with E-state index in [0.29, 0.717) is 16.9 Å². The Kier molecular flexibility index (Phi) is 4.43.